The maximum Gasteiger partial charge on any atom is 0.244 e. The molecule has 2 N–H and O–H groups in total. The number of anilines is 1. The molecular weight excluding hydrogens is 376 g/mol. The molecule has 0 saturated carbocycles. The fraction of sp³-hybridized carbons (Fsp3) is 0.190. The first-order valence-corrected chi connectivity index (χ1v) is 10.2. The van der Waals surface area contributed by atoms with Crippen LogP contribution in [0.3, 0.4) is 0 Å². The Morgan fingerprint density at radius 3 is 2.39 bits per heavy atom. The van der Waals surface area contributed by atoms with Crippen molar-refractivity contribution >= 4 is 32.4 Å². The highest BCUT2D eigenvalue weighted by atomic mass is 32.2. The van der Waals surface area contributed by atoms with E-state index in [1.807, 2.05) is 42.5 Å². The Kier molecular flexibility index (Phi) is 5.67. The first-order chi connectivity index (χ1) is 13.3. The fourth-order valence-corrected chi connectivity index (χ4v) is 4.44. The van der Waals surface area contributed by atoms with Crippen LogP contribution in [0.15, 0.2) is 65.6 Å². The molecule has 0 aliphatic heterocycles. The van der Waals surface area contributed by atoms with Crippen molar-refractivity contribution in [1.82, 2.24) is 4.72 Å². The molecular formula is C21H22N2O4S. The van der Waals surface area contributed by atoms with E-state index in [-0.39, 0.29) is 16.6 Å². The Morgan fingerprint density at radius 2 is 1.71 bits per heavy atom. The monoisotopic (exact) mass is 398 g/mol. The van der Waals surface area contributed by atoms with Gasteiger partial charge in [0.25, 0.3) is 0 Å². The van der Waals surface area contributed by atoms with Gasteiger partial charge in [-0.15, -0.1) is 0 Å². The number of rotatable bonds is 6. The van der Waals surface area contributed by atoms with E-state index in [0.29, 0.717) is 5.69 Å². The SMILES string of the molecule is COc1ccc(NC(C)=O)cc1S(=O)(=O)N[C@H](C)c1ccc2ccccc2c1. The lowest BCUT2D eigenvalue weighted by Gasteiger charge is -2.17. The van der Waals surface area contributed by atoms with E-state index in [0.717, 1.165) is 16.3 Å². The molecule has 3 aromatic rings. The zero-order valence-corrected chi connectivity index (χ0v) is 16.7. The van der Waals surface area contributed by atoms with Crippen molar-refractivity contribution in [2.45, 2.75) is 24.8 Å². The minimum absolute atomic E-state index is 0.0334. The van der Waals surface area contributed by atoms with E-state index >= 15 is 0 Å². The van der Waals surface area contributed by atoms with E-state index in [4.69, 9.17) is 4.74 Å². The van der Waals surface area contributed by atoms with Crippen molar-refractivity contribution in [3.8, 4) is 5.75 Å². The molecule has 0 fully saturated rings. The van der Waals surface area contributed by atoms with Gasteiger partial charge in [-0.05, 0) is 47.5 Å². The van der Waals surface area contributed by atoms with Crippen LogP contribution in [0.25, 0.3) is 10.8 Å². The fourth-order valence-electron chi connectivity index (χ4n) is 3.01. The number of nitrogens with one attached hydrogen (secondary N) is 2. The molecule has 1 atom stereocenters. The standard InChI is InChI=1S/C21H22N2O4S/c1-14(17-9-8-16-6-4-5-7-18(16)12-17)23-28(25,26)21-13-19(22-15(2)24)10-11-20(21)27-3/h4-14,23H,1-3H3,(H,22,24)/t14-/m1/s1. The average molecular weight is 398 g/mol. The molecule has 3 rings (SSSR count). The second-order valence-electron chi connectivity index (χ2n) is 6.50. The first-order valence-electron chi connectivity index (χ1n) is 8.77. The van der Waals surface area contributed by atoms with Gasteiger partial charge in [0.1, 0.15) is 10.6 Å². The molecule has 3 aromatic carbocycles. The number of amides is 1. The zero-order chi connectivity index (χ0) is 20.3. The Bertz CT molecular complexity index is 1130. The normalized spacial score (nSPS) is 12.5. The van der Waals surface area contributed by atoms with Gasteiger partial charge < -0.3 is 10.1 Å². The van der Waals surface area contributed by atoms with Crippen molar-refractivity contribution in [2.75, 3.05) is 12.4 Å². The molecule has 0 bridgehead atoms. The summed E-state index contributed by atoms with van der Waals surface area (Å²) < 4.78 is 33.9. The third kappa shape index (κ3) is 4.32. The molecule has 146 valence electrons. The highest BCUT2D eigenvalue weighted by Crippen LogP contribution is 2.29. The molecule has 0 heterocycles. The summed E-state index contributed by atoms with van der Waals surface area (Å²) in [6, 6.07) is 17.8. The Balaban J connectivity index is 1.92. The molecule has 0 radical (unpaired) electrons. The predicted molar refractivity (Wildman–Crippen MR) is 110 cm³/mol. The van der Waals surface area contributed by atoms with Gasteiger partial charge in [-0.3, -0.25) is 4.79 Å². The smallest absolute Gasteiger partial charge is 0.244 e. The molecule has 0 spiro atoms. The van der Waals surface area contributed by atoms with Crippen LogP contribution in [-0.4, -0.2) is 21.4 Å². The highest BCUT2D eigenvalue weighted by Gasteiger charge is 2.23. The number of carbonyl (C=O) groups is 1. The van der Waals surface area contributed by atoms with Crippen molar-refractivity contribution in [3.05, 3.63) is 66.2 Å². The minimum Gasteiger partial charge on any atom is -0.495 e. The highest BCUT2D eigenvalue weighted by molar-refractivity contribution is 7.89. The van der Waals surface area contributed by atoms with Crippen LogP contribution in [0.1, 0.15) is 25.5 Å². The average Bonchev–Trinajstić information content (AvgIpc) is 2.66. The van der Waals surface area contributed by atoms with E-state index in [1.165, 1.54) is 26.2 Å². The van der Waals surface area contributed by atoms with Crippen LogP contribution in [0, 0.1) is 0 Å². The maximum absolute atomic E-state index is 13.0. The number of ether oxygens (including phenoxy) is 1. The van der Waals surface area contributed by atoms with Gasteiger partial charge in [0.15, 0.2) is 0 Å². The summed E-state index contributed by atoms with van der Waals surface area (Å²) in [5.74, 6) is -0.0849. The number of fused-ring (bicyclic) bond motifs is 1. The number of hydrogen-bond acceptors (Lipinski definition) is 4. The quantitative estimate of drug-likeness (QED) is 0.661. The Labute approximate surface area is 164 Å². The second kappa shape index (κ2) is 8.00. The number of methoxy groups -OCH3 is 1. The number of carbonyl (C=O) groups excluding carboxylic acids is 1. The van der Waals surface area contributed by atoms with Crippen LogP contribution in [-0.2, 0) is 14.8 Å². The molecule has 0 saturated heterocycles. The van der Waals surface area contributed by atoms with Gasteiger partial charge in [-0.2, -0.15) is 0 Å². The summed E-state index contributed by atoms with van der Waals surface area (Å²) in [4.78, 5) is 11.3. The molecule has 0 aromatic heterocycles. The molecule has 1 amide bonds. The molecule has 0 unspecified atom stereocenters. The largest absolute Gasteiger partial charge is 0.495 e. The molecule has 28 heavy (non-hydrogen) atoms. The summed E-state index contributed by atoms with van der Waals surface area (Å²) >= 11 is 0. The van der Waals surface area contributed by atoms with Gasteiger partial charge >= 0.3 is 0 Å². The Morgan fingerprint density at radius 1 is 1.00 bits per heavy atom. The predicted octanol–water partition coefficient (Wildman–Crippen LogP) is 3.85. The van der Waals surface area contributed by atoms with E-state index in [2.05, 4.69) is 10.0 Å². The summed E-state index contributed by atoms with van der Waals surface area (Å²) in [6.07, 6.45) is 0. The lowest BCUT2D eigenvalue weighted by atomic mass is 10.0. The lowest BCUT2D eigenvalue weighted by molar-refractivity contribution is -0.114. The van der Waals surface area contributed by atoms with Crippen LogP contribution in [0.4, 0.5) is 5.69 Å². The molecule has 0 aliphatic carbocycles. The number of sulfonamides is 1. The van der Waals surface area contributed by atoms with Crippen molar-refractivity contribution in [3.63, 3.8) is 0 Å². The third-order valence-electron chi connectivity index (χ3n) is 4.38. The topological polar surface area (TPSA) is 84.5 Å². The van der Waals surface area contributed by atoms with Gasteiger partial charge in [-0.1, -0.05) is 36.4 Å². The summed E-state index contributed by atoms with van der Waals surface area (Å²) in [5, 5.41) is 4.71. The van der Waals surface area contributed by atoms with Gasteiger partial charge in [-0.25, -0.2) is 13.1 Å². The summed E-state index contributed by atoms with van der Waals surface area (Å²) in [5.41, 5.74) is 1.23. The first kappa shape index (κ1) is 19.9. The van der Waals surface area contributed by atoms with E-state index in [1.54, 1.807) is 13.0 Å². The number of hydrogen-bond donors (Lipinski definition) is 2. The third-order valence-corrected chi connectivity index (χ3v) is 5.94. The van der Waals surface area contributed by atoms with Gasteiger partial charge in [0, 0.05) is 18.7 Å². The van der Waals surface area contributed by atoms with Crippen LogP contribution < -0.4 is 14.8 Å². The minimum atomic E-state index is -3.89. The van der Waals surface area contributed by atoms with Gasteiger partial charge in [0.2, 0.25) is 15.9 Å². The molecule has 0 aliphatic rings. The van der Waals surface area contributed by atoms with Crippen molar-refractivity contribution in [1.29, 1.82) is 0 Å². The van der Waals surface area contributed by atoms with E-state index < -0.39 is 16.1 Å². The number of benzene rings is 3. The molecule has 7 heteroatoms. The Hall–Kier alpha value is -2.90. The molecule has 6 nitrogen and oxygen atoms in total. The maximum atomic E-state index is 13.0. The van der Waals surface area contributed by atoms with E-state index in [9.17, 15) is 13.2 Å². The van der Waals surface area contributed by atoms with Crippen LogP contribution >= 0.6 is 0 Å². The lowest BCUT2D eigenvalue weighted by Crippen LogP contribution is -2.27. The second-order valence-corrected chi connectivity index (χ2v) is 8.18. The summed E-state index contributed by atoms with van der Waals surface area (Å²) in [6.45, 7) is 3.14. The van der Waals surface area contributed by atoms with Crippen molar-refractivity contribution < 1.29 is 17.9 Å². The van der Waals surface area contributed by atoms with Gasteiger partial charge in [0.05, 0.1) is 7.11 Å². The van der Waals surface area contributed by atoms with Crippen molar-refractivity contribution in [2.24, 2.45) is 0 Å². The van der Waals surface area contributed by atoms with Crippen LogP contribution in [0.2, 0.25) is 0 Å². The van der Waals surface area contributed by atoms with Crippen LogP contribution in [0.5, 0.6) is 5.75 Å². The zero-order valence-electron chi connectivity index (χ0n) is 15.9. The summed E-state index contributed by atoms with van der Waals surface area (Å²) in [7, 11) is -2.49.